The second kappa shape index (κ2) is 6.69. The van der Waals surface area contributed by atoms with Gasteiger partial charge in [-0.25, -0.2) is 0 Å². The summed E-state index contributed by atoms with van der Waals surface area (Å²) >= 11 is 0. The molecule has 25 heavy (non-hydrogen) atoms. The molecule has 0 bridgehead atoms. The van der Waals surface area contributed by atoms with Crippen molar-refractivity contribution in [2.45, 2.75) is 6.42 Å². The van der Waals surface area contributed by atoms with E-state index in [1.807, 2.05) is 42.5 Å². The number of rotatable bonds is 4. The van der Waals surface area contributed by atoms with Crippen LogP contribution in [0.1, 0.15) is 16.8 Å². The minimum Gasteiger partial charge on any atom is -0.488 e. The molecule has 122 valence electrons. The molecule has 0 spiro atoms. The van der Waals surface area contributed by atoms with Crippen LogP contribution in [-0.2, 0) is 0 Å². The smallest absolute Gasteiger partial charge is 0.170 e. The van der Waals surface area contributed by atoms with Gasteiger partial charge in [0.25, 0.3) is 0 Å². The Kier molecular flexibility index (Phi) is 4.09. The summed E-state index contributed by atoms with van der Waals surface area (Å²) in [7, 11) is 0. The van der Waals surface area contributed by atoms with E-state index < -0.39 is 0 Å². The third-order valence-corrected chi connectivity index (χ3v) is 4.09. The Labute approximate surface area is 145 Å². The molecule has 1 aromatic heterocycles. The van der Waals surface area contributed by atoms with E-state index in [-0.39, 0.29) is 18.8 Å². The first-order valence-corrected chi connectivity index (χ1v) is 8.11. The van der Waals surface area contributed by atoms with Crippen molar-refractivity contribution in [3.05, 3.63) is 78.6 Å². The number of fused-ring (bicyclic) bond motifs is 1. The number of nitrogens with zero attached hydrogens (tertiary/aromatic N) is 2. The van der Waals surface area contributed by atoms with Crippen LogP contribution < -0.4 is 4.74 Å². The van der Waals surface area contributed by atoms with E-state index in [1.54, 1.807) is 18.5 Å². The van der Waals surface area contributed by atoms with Gasteiger partial charge in [0.1, 0.15) is 12.4 Å². The van der Waals surface area contributed by atoms with E-state index in [0.717, 1.165) is 22.6 Å². The predicted molar refractivity (Wildman–Crippen MR) is 97.7 cm³/mol. The Balaban J connectivity index is 1.51. The highest BCUT2D eigenvalue weighted by atomic mass is 16.5. The zero-order chi connectivity index (χ0) is 17.1. The van der Waals surface area contributed by atoms with Crippen LogP contribution in [0.3, 0.4) is 0 Å². The molecule has 0 aliphatic carbocycles. The summed E-state index contributed by atoms with van der Waals surface area (Å²) in [6.45, 7) is 0.290. The highest BCUT2D eigenvalue weighted by Crippen LogP contribution is 2.26. The van der Waals surface area contributed by atoms with Crippen LogP contribution in [0.15, 0.2) is 78.0 Å². The van der Waals surface area contributed by atoms with Crippen molar-refractivity contribution in [2.24, 2.45) is 4.99 Å². The van der Waals surface area contributed by atoms with Crippen molar-refractivity contribution in [2.75, 3.05) is 6.61 Å². The van der Waals surface area contributed by atoms with Crippen LogP contribution in [-0.4, -0.2) is 23.1 Å². The van der Waals surface area contributed by atoms with Crippen molar-refractivity contribution in [3.63, 3.8) is 0 Å². The number of ketones is 1. The van der Waals surface area contributed by atoms with Crippen LogP contribution in [0.4, 0.5) is 5.69 Å². The van der Waals surface area contributed by atoms with Gasteiger partial charge in [0.2, 0.25) is 0 Å². The first kappa shape index (κ1) is 15.3. The van der Waals surface area contributed by atoms with Gasteiger partial charge in [0.05, 0.1) is 24.0 Å². The minimum atomic E-state index is 0.0593. The lowest BCUT2D eigenvalue weighted by atomic mass is 10.0. The average Bonchev–Trinajstić information content (AvgIpc) is 2.67. The number of benzene rings is 2. The molecule has 1 aliphatic rings. The van der Waals surface area contributed by atoms with Gasteiger partial charge in [-0.15, -0.1) is 0 Å². The Morgan fingerprint density at radius 1 is 0.960 bits per heavy atom. The summed E-state index contributed by atoms with van der Waals surface area (Å²) < 4.78 is 5.87. The Hall–Kier alpha value is -3.27. The monoisotopic (exact) mass is 328 g/mol. The number of carbonyl (C=O) groups excluding carboxylic acids is 1. The van der Waals surface area contributed by atoms with E-state index in [1.165, 1.54) is 0 Å². The molecule has 4 heteroatoms. The first-order chi connectivity index (χ1) is 12.3. The average molecular weight is 328 g/mol. The van der Waals surface area contributed by atoms with Crippen molar-refractivity contribution in [3.8, 4) is 16.9 Å². The lowest BCUT2D eigenvalue weighted by Gasteiger charge is -2.15. The van der Waals surface area contributed by atoms with Crippen LogP contribution in [0.2, 0.25) is 0 Å². The fraction of sp³-hybridized carbons (Fsp3) is 0.0952. The summed E-state index contributed by atoms with van der Waals surface area (Å²) in [5.74, 6) is 0.817. The maximum absolute atomic E-state index is 12.2. The lowest BCUT2D eigenvalue weighted by molar-refractivity contribution is 0.0998. The number of pyridine rings is 1. The van der Waals surface area contributed by atoms with E-state index in [4.69, 9.17) is 4.74 Å². The van der Waals surface area contributed by atoms with Crippen LogP contribution >= 0.6 is 0 Å². The summed E-state index contributed by atoms with van der Waals surface area (Å²) in [5, 5.41) is 0. The van der Waals surface area contributed by atoms with Crippen LogP contribution in [0.5, 0.6) is 5.75 Å². The maximum atomic E-state index is 12.2. The SMILES string of the molecule is O=C1CC(COc2cccc(-c3ccccc3)c2)=Nc2cnccc21. The maximum Gasteiger partial charge on any atom is 0.170 e. The Morgan fingerprint density at radius 2 is 1.80 bits per heavy atom. The van der Waals surface area contributed by atoms with Gasteiger partial charge < -0.3 is 4.74 Å². The third kappa shape index (κ3) is 3.33. The van der Waals surface area contributed by atoms with E-state index in [9.17, 15) is 4.79 Å². The predicted octanol–water partition coefficient (Wildman–Crippen LogP) is 4.49. The zero-order valence-corrected chi connectivity index (χ0v) is 13.6. The summed E-state index contributed by atoms with van der Waals surface area (Å²) in [6, 6.07) is 19.8. The quantitative estimate of drug-likeness (QED) is 0.709. The molecule has 0 unspecified atom stereocenters. The van der Waals surface area contributed by atoms with Crippen LogP contribution in [0.25, 0.3) is 11.1 Å². The van der Waals surface area contributed by atoms with E-state index >= 15 is 0 Å². The normalized spacial score (nSPS) is 13.1. The summed E-state index contributed by atoms with van der Waals surface area (Å²) in [4.78, 5) is 20.7. The number of Topliss-reactive ketones (excluding diaryl/α,β-unsaturated/α-hetero) is 1. The minimum absolute atomic E-state index is 0.0593. The highest BCUT2D eigenvalue weighted by Gasteiger charge is 2.20. The first-order valence-electron chi connectivity index (χ1n) is 8.11. The molecule has 2 heterocycles. The molecule has 0 atom stereocenters. The number of hydrogen-bond donors (Lipinski definition) is 0. The number of ether oxygens (including phenoxy) is 1. The molecule has 0 amide bonds. The third-order valence-electron chi connectivity index (χ3n) is 4.09. The fourth-order valence-electron chi connectivity index (χ4n) is 2.85. The van der Waals surface area contributed by atoms with Gasteiger partial charge in [-0.1, -0.05) is 42.5 Å². The molecular formula is C21H16N2O2. The number of aromatic nitrogens is 1. The number of aliphatic imine (C=N–C) groups is 1. The Morgan fingerprint density at radius 3 is 2.68 bits per heavy atom. The van der Waals surface area contributed by atoms with Gasteiger partial charge in [-0.05, 0) is 29.3 Å². The topological polar surface area (TPSA) is 51.5 Å². The Bertz CT molecular complexity index is 949. The van der Waals surface area contributed by atoms with Gasteiger partial charge in [0, 0.05) is 11.8 Å². The second-order valence-electron chi connectivity index (χ2n) is 5.85. The van der Waals surface area contributed by atoms with E-state index in [0.29, 0.717) is 11.3 Å². The standard InChI is InChI=1S/C21H16N2O2/c24-21-12-17(23-20-13-22-10-9-19(20)21)14-25-18-8-4-7-16(11-18)15-5-2-1-3-6-15/h1-11,13H,12,14H2. The largest absolute Gasteiger partial charge is 0.488 e. The van der Waals surface area contributed by atoms with Gasteiger partial charge in [-0.2, -0.15) is 0 Å². The molecule has 0 saturated heterocycles. The number of carbonyl (C=O) groups is 1. The van der Waals surface area contributed by atoms with Crippen molar-refractivity contribution in [1.82, 2.24) is 4.98 Å². The molecule has 0 fully saturated rings. The molecular weight excluding hydrogens is 312 g/mol. The number of hydrogen-bond acceptors (Lipinski definition) is 4. The molecule has 0 saturated carbocycles. The van der Waals surface area contributed by atoms with Gasteiger partial charge >= 0.3 is 0 Å². The van der Waals surface area contributed by atoms with Crippen molar-refractivity contribution < 1.29 is 9.53 Å². The molecule has 4 nitrogen and oxygen atoms in total. The summed E-state index contributed by atoms with van der Waals surface area (Å²) in [6.07, 6.45) is 3.51. The lowest BCUT2D eigenvalue weighted by Crippen LogP contribution is -2.19. The second-order valence-corrected chi connectivity index (χ2v) is 5.85. The zero-order valence-electron chi connectivity index (χ0n) is 13.6. The summed E-state index contributed by atoms with van der Waals surface area (Å²) in [5.41, 5.74) is 4.20. The molecule has 3 aromatic rings. The molecule has 1 aliphatic heterocycles. The van der Waals surface area contributed by atoms with Gasteiger partial charge in [-0.3, -0.25) is 14.8 Å². The highest BCUT2D eigenvalue weighted by molar-refractivity contribution is 6.16. The van der Waals surface area contributed by atoms with E-state index in [2.05, 4.69) is 22.1 Å². The van der Waals surface area contributed by atoms with Crippen molar-refractivity contribution in [1.29, 1.82) is 0 Å². The molecule has 0 N–H and O–H groups in total. The van der Waals surface area contributed by atoms with Gasteiger partial charge in [0.15, 0.2) is 5.78 Å². The molecule has 0 radical (unpaired) electrons. The van der Waals surface area contributed by atoms with Crippen LogP contribution in [0, 0.1) is 0 Å². The molecule has 2 aromatic carbocycles. The molecule has 4 rings (SSSR count). The fourth-order valence-corrected chi connectivity index (χ4v) is 2.85. The van der Waals surface area contributed by atoms with Crippen molar-refractivity contribution >= 4 is 17.2 Å².